The largest absolute Gasteiger partial charge is 0.391 e. The van der Waals surface area contributed by atoms with E-state index < -0.39 is 17.9 Å². The van der Waals surface area contributed by atoms with Crippen LogP contribution in [0.3, 0.4) is 0 Å². The Morgan fingerprint density at radius 2 is 1.96 bits per heavy atom. The summed E-state index contributed by atoms with van der Waals surface area (Å²) in [6.07, 6.45) is 2.40. The molecule has 3 aromatic rings. The highest BCUT2D eigenvalue weighted by Crippen LogP contribution is 2.38. The van der Waals surface area contributed by atoms with Crippen molar-refractivity contribution in [2.75, 3.05) is 19.6 Å². The third-order valence-corrected chi connectivity index (χ3v) is 5.99. The van der Waals surface area contributed by atoms with Gasteiger partial charge in [0.15, 0.2) is 0 Å². The van der Waals surface area contributed by atoms with Gasteiger partial charge in [0.2, 0.25) is 0 Å². The van der Waals surface area contributed by atoms with E-state index in [4.69, 9.17) is 4.98 Å². The Morgan fingerprint density at radius 3 is 2.79 bits per heavy atom. The number of nitrogens with zero attached hydrogens (tertiary/aromatic N) is 3. The van der Waals surface area contributed by atoms with Crippen molar-refractivity contribution in [2.45, 2.75) is 30.7 Å². The average Bonchev–Trinajstić information content (AvgIpc) is 3.34. The van der Waals surface area contributed by atoms with Crippen molar-refractivity contribution in [3.63, 3.8) is 0 Å². The van der Waals surface area contributed by atoms with Gasteiger partial charge in [-0.05, 0) is 35.9 Å². The van der Waals surface area contributed by atoms with Crippen molar-refractivity contribution in [3.05, 3.63) is 60.6 Å². The fourth-order valence-corrected chi connectivity index (χ4v) is 4.49. The van der Waals surface area contributed by atoms with Gasteiger partial charge >= 0.3 is 0 Å². The molecule has 28 heavy (non-hydrogen) atoms. The zero-order valence-electron chi connectivity index (χ0n) is 15.6. The molecule has 2 fully saturated rings. The summed E-state index contributed by atoms with van der Waals surface area (Å²) in [5, 5.41) is 27.2. The number of likely N-dealkylation sites (tertiary alicyclic amines) is 1. The third kappa shape index (κ3) is 2.99. The summed E-state index contributed by atoms with van der Waals surface area (Å²) < 4.78 is 0. The average molecular weight is 376 g/mol. The summed E-state index contributed by atoms with van der Waals surface area (Å²) in [4.78, 5) is 11.2. The monoisotopic (exact) mass is 376 g/mol. The molecule has 2 aromatic carbocycles. The normalized spacial score (nSPS) is 28.2. The van der Waals surface area contributed by atoms with E-state index in [1.807, 2.05) is 23.1 Å². The lowest BCUT2D eigenvalue weighted by atomic mass is 10.0. The zero-order valence-corrected chi connectivity index (χ0v) is 15.6. The molecule has 2 saturated heterocycles. The molecule has 0 bridgehead atoms. The topological polar surface area (TPSA) is 81.5 Å². The van der Waals surface area contributed by atoms with E-state index in [0.29, 0.717) is 31.8 Å². The Hall–Kier alpha value is -2.38. The second kappa shape index (κ2) is 6.90. The van der Waals surface area contributed by atoms with E-state index in [9.17, 15) is 10.2 Å². The maximum absolute atomic E-state index is 11.0. The molecule has 0 spiro atoms. The van der Waals surface area contributed by atoms with Gasteiger partial charge in [-0.2, -0.15) is 0 Å². The number of aliphatic hydroxyl groups excluding tert-OH is 1. The maximum Gasteiger partial charge on any atom is 0.148 e. The number of aliphatic hydroxyl groups is 2. The Morgan fingerprint density at radius 1 is 1.11 bits per heavy atom. The van der Waals surface area contributed by atoms with Crippen LogP contribution in [0, 0.1) is 0 Å². The van der Waals surface area contributed by atoms with Crippen LogP contribution in [-0.4, -0.2) is 56.5 Å². The first-order chi connectivity index (χ1) is 13.6. The summed E-state index contributed by atoms with van der Waals surface area (Å²) >= 11 is 0. The highest BCUT2D eigenvalue weighted by molar-refractivity contribution is 5.86. The first-order valence-corrected chi connectivity index (χ1v) is 9.84. The Labute approximate surface area is 163 Å². The molecular formula is C22H24N4O2. The first-order valence-electron chi connectivity index (χ1n) is 9.84. The van der Waals surface area contributed by atoms with Crippen molar-refractivity contribution in [2.24, 2.45) is 0 Å². The number of nitrogens with one attached hydrogen (secondary N) is 1. The molecule has 3 heterocycles. The number of benzene rings is 2. The van der Waals surface area contributed by atoms with Crippen LogP contribution in [0.25, 0.3) is 22.0 Å². The second-order valence-electron chi connectivity index (χ2n) is 7.77. The van der Waals surface area contributed by atoms with Gasteiger partial charge in [0.05, 0.1) is 17.8 Å². The smallest absolute Gasteiger partial charge is 0.148 e. The SMILES string of the molecule is O[C@@H]1CCN([C@@]2(O)CCNC2)C1c1nccc(-c2ccc3ccccc3c2)n1. The molecule has 3 atom stereocenters. The van der Waals surface area contributed by atoms with Gasteiger partial charge in [-0.25, -0.2) is 9.97 Å². The number of rotatable bonds is 3. The predicted octanol–water partition coefficient (Wildman–Crippen LogP) is 2.09. The molecule has 6 heteroatoms. The van der Waals surface area contributed by atoms with Crippen LogP contribution in [0.1, 0.15) is 24.7 Å². The lowest BCUT2D eigenvalue weighted by Crippen LogP contribution is -2.51. The van der Waals surface area contributed by atoms with Crippen LogP contribution in [-0.2, 0) is 0 Å². The van der Waals surface area contributed by atoms with Gasteiger partial charge < -0.3 is 15.5 Å². The number of fused-ring (bicyclic) bond motifs is 1. The molecule has 2 aliphatic rings. The summed E-state index contributed by atoms with van der Waals surface area (Å²) in [6, 6.07) is 16.0. The quantitative estimate of drug-likeness (QED) is 0.649. The van der Waals surface area contributed by atoms with Gasteiger partial charge in [-0.1, -0.05) is 36.4 Å². The van der Waals surface area contributed by atoms with Gasteiger partial charge in [0.1, 0.15) is 11.5 Å². The van der Waals surface area contributed by atoms with Crippen molar-refractivity contribution >= 4 is 10.8 Å². The van der Waals surface area contributed by atoms with Gasteiger partial charge in [0, 0.05) is 31.3 Å². The predicted molar refractivity (Wildman–Crippen MR) is 107 cm³/mol. The fourth-order valence-electron chi connectivity index (χ4n) is 4.49. The molecule has 1 aromatic heterocycles. The van der Waals surface area contributed by atoms with E-state index in [1.54, 1.807) is 6.20 Å². The molecule has 6 nitrogen and oxygen atoms in total. The highest BCUT2D eigenvalue weighted by atomic mass is 16.3. The van der Waals surface area contributed by atoms with E-state index in [2.05, 4.69) is 40.6 Å². The van der Waals surface area contributed by atoms with Crippen LogP contribution in [0.15, 0.2) is 54.7 Å². The van der Waals surface area contributed by atoms with Crippen molar-refractivity contribution < 1.29 is 10.2 Å². The molecule has 0 amide bonds. The molecule has 3 N–H and O–H groups in total. The summed E-state index contributed by atoms with van der Waals surface area (Å²) in [5.41, 5.74) is 0.888. The molecule has 2 aliphatic heterocycles. The molecule has 0 radical (unpaired) electrons. The van der Waals surface area contributed by atoms with Crippen molar-refractivity contribution in [1.29, 1.82) is 0 Å². The van der Waals surface area contributed by atoms with Crippen LogP contribution in [0.5, 0.6) is 0 Å². The number of β-amino-alcohol motifs (C(OH)–C–C–N with tert-alkyl or cyclic N) is 1. The lowest BCUT2D eigenvalue weighted by molar-refractivity contribution is -0.110. The second-order valence-corrected chi connectivity index (χ2v) is 7.77. The Bertz CT molecular complexity index is 1000. The minimum absolute atomic E-state index is 0.398. The van der Waals surface area contributed by atoms with E-state index in [-0.39, 0.29) is 0 Å². The molecule has 144 valence electrons. The standard InChI is InChI=1S/C22H24N4O2/c27-19-8-12-26(22(28)9-11-23-14-22)20(19)21-24-10-7-18(25-21)17-6-5-15-3-1-2-4-16(15)13-17/h1-7,10,13,19-20,23,27-28H,8-9,11-12,14H2/t19-,20?,22-/m1/s1. The molecule has 1 unspecified atom stereocenters. The van der Waals surface area contributed by atoms with Gasteiger partial charge in [-0.3, -0.25) is 4.90 Å². The fraction of sp³-hybridized carbons (Fsp3) is 0.364. The maximum atomic E-state index is 11.0. The van der Waals surface area contributed by atoms with Gasteiger partial charge in [-0.15, -0.1) is 0 Å². The lowest BCUT2D eigenvalue weighted by Gasteiger charge is -2.37. The van der Waals surface area contributed by atoms with E-state index >= 15 is 0 Å². The first kappa shape index (κ1) is 17.7. The van der Waals surface area contributed by atoms with Crippen LogP contribution in [0.2, 0.25) is 0 Å². The minimum Gasteiger partial charge on any atom is -0.391 e. The van der Waals surface area contributed by atoms with Gasteiger partial charge in [0.25, 0.3) is 0 Å². The summed E-state index contributed by atoms with van der Waals surface area (Å²) in [5.74, 6) is 0.566. The Kier molecular flexibility index (Phi) is 4.36. The number of hydrogen-bond donors (Lipinski definition) is 3. The van der Waals surface area contributed by atoms with Crippen LogP contribution in [0.4, 0.5) is 0 Å². The summed E-state index contributed by atoms with van der Waals surface area (Å²) in [6.45, 7) is 1.90. The zero-order chi connectivity index (χ0) is 19.1. The van der Waals surface area contributed by atoms with Crippen LogP contribution >= 0.6 is 0 Å². The number of hydrogen-bond acceptors (Lipinski definition) is 6. The molecular weight excluding hydrogens is 352 g/mol. The van der Waals surface area contributed by atoms with Crippen molar-refractivity contribution in [3.8, 4) is 11.3 Å². The summed E-state index contributed by atoms with van der Waals surface area (Å²) in [7, 11) is 0. The minimum atomic E-state index is -0.954. The van der Waals surface area contributed by atoms with Crippen molar-refractivity contribution in [1.82, 2.24) is 20.2 Å². The number of aromatic nitrogens is 2. The van der Waals surface area contributed by atoms with Crippen LogP contribution < -0.4 is 5.32 Å². The van der Waals surface area contributed by atoms with E-state index in [0.717, 1.165) is 23.2 Å². The molecule has 0 saturated carbocycles. The Balaban J connectivity index is 1.52. The third-order valence-electron chi connectivity index (χ3n) is 5.99. The van der Waals surface area contributed by atoms with E-state index in [1.165, 1.54) is 5.39 Å². The molecule has 0 aliphatic carbocycles. The molecule has 5 rings (SSSR count). The highest BCUT2D eigenvalue weighted by Gasteiger charge is 2.48.